The summed E-state index contributed by atoms with van der Waals surface area (Å²) >= 11 is 6.38. The standard InChI is InChI=1S/C20H22ClF2N5O3/c21-12-8-11-19(18(23)16(12)17-13(22)2-1-3-14(17)29)24-10-25-20(11)28-6-4-27(5-7-28)9-15(30)26-31/h1-3,8,20,24-25,29,31H,4-7,9-10H2,(H,26,30). The predicted octanol–water partition coefficient (Wildman–Crippen LogP) is 2.08. The number of nitrogens with one attached hydrogen (secondary N) is 3. The molecule has 31 heavy (non-hydrogen) atoms. The van der Waals surface area contributed by atoms with E-state index in [0.717, 1.165) is 6.07 Å². The van der Waals surface area contributed by atoms with Crippen molar-refractivity contribution in [1.29, 1.82) is 0 Å². The number of amides is 1. The molecule has 0 spiro atoms. The average molecular weight is 454 g/mol. The van der Waals surface area contributed by atoms with Gasteiger partial charge in [0, 0.05) is 37.3 Å². The molecule has 2 aliphatic rings. The van der Waals surface area contributed by atoms with E-state index in [4.69, 9.17) is 16.8 Å². The second kappa shape index (κ2) is 8.93. The highest BCUT2D eigenvalue weighted by molar-refractivity contribution is 6.33. The monoisotopic (exact) mass is 453 g/mol. The quantitative estimate of drug-likeness (QED) is 0.357. The molecule has 8 nitrogen and oxygen atoms in total. The first kappa shape index (κ1) is 21.7. The summed E-state index contributed by atoms with van der Waals surface area (Å²) in [4.78, 5) is 15.4. The zero-order chi connectivity index (χ0) is 22.1. The summed E-state index contributed by atoms with van der Waals surface area (Å²) in [6.07, 6.45) is -0.333. The molecule has 0 aromatic heterocycles. The molecule has 0 bridgehead atoms. The number of halogens is 3. The van der Waals surface area contributed by atoms with Crippen LogP contribution < -0.4 is 16.1 Å². The zero-order valence-electron chi connectivity index (χ0n) is 16.5. The number of hydroxylamine groups is 1. The highest BCUT2D eigenvalue weighted by Gasteiger charge is 2.33. The van der Waals surface area contributed by atoms with Gasteiger partial charge in [0.1, 0.15) is 11.6 Å². The first-order chi connectivity index (χ1) is 14.9. The Kier molecular flexibility index (Phi) is 6.26. The molecule has 5 N–H and O–H groups in total. The number of fused-ring (bicyclic) bond motifs is 1. The molecule has 0 aliphatic carbocycles. The molecule has 1 fully saturated rings. The van der Waals surface area contributed by atoms with E-state index in [0.29, 0.717) is 31.7 Å². The molecule has 2 aliphatic heterocycles. The summed E-state index contributed by atoms with van der Waals surface area (Å²) in [5.41, 5.74) is 1.94. The van der Waals surface area contributed by atoms with E-state index in [2.05, 4.69) is 15.5 Å². The third-order valence-electron chi connectivity index (χ3n) is 5.61. The Bertz CT molecular complexity index is 981. The number of hydrogen-bond donors (Lipinski definition) is 5. The Morgan fingerprint density at radius 2 is 1.97 bits per heavy atom. The molecule has 0 saturated carbocycles. The van der Waals surface area contributed by atoms with Crippen molar-refractivity contribution >= 4 is 23.2 Å². The van der Waals surface area contributed by atoms with Crippen LogP contribution in [0.4, 0.5) is 14.5 Å². The van der Waals surface area contributed by atoms with Crippen molar-refractivity contribution in [3.8, 4) is 16.9 Å². The molecular weight excluding hydrogens is 432 g/mol. The number of hydrogen-bond acceptors (Lipinski definition) is 7. The molecule has 2 aromatic rings. The van der Waals surface area contributed by atoms with Crippen molar-refractivity contribution < 1.29 is 23.9 Å². The SMILES string of the molecule is O=C(CN1CCN(C2NCNc3c2cc(Cl)c(-c2c(O)cccc2F)c3F)CC1)NO. The highest BCUT2D eigenvalue weighted by Crippen LogP contribution is 2.44. The minimum atomic E-state index is -0.769. The normalized spacial score (nSPS) is 19.5. The second-order valence-electron chi connectivity index (χ2n) is 7.45. The summed E-state index contributed by atoms with van der Waals surface area (Å²) in [6, 6.07) is 5.33. The Morgan fingerprint density at radius 1 is 1.23 bits per heavy atom. The number of benzene rings is 2. The first-order valence-electron chi connectivity index (χ1n) is 9.77. The lowest BCUT2D eigenvalue weighted by atomic mass is 9.97. The van der Waals surface area contributed by atoms with Crippen LogP contribution in [0.15, 0.2) is 24.3 Å². The fourth-order valence-electron chi connectivity index (χ4n) is 4.11. The van der Waals surface area contributed by atoms with Gasteiger partial charge in [-0.2, -0.15) is 0 Å². The molecule has 0 radical (unpaired) electrons. The molecule has 166 valence electrons. The summed E-state index contributed by atoms with van der Waals surface area (Å²) < 4.78 is 29.9. The van der Waals surface area contributed by atoms with E-state index in [1.54, 1.807) is 11.5 Å². The van der Waals surface area contributed by atoms with Crippen LogP contribution in [0.25, 0.3) is 11.1 Å². The molecule has 4 rings (SSSR count). The molecule has 1 saturated heterocycles. The largest absolute Gasteiger partial charge is 0.507 e. The lowest BCUT2D eigenvalue weighted by molar-refractivity contribution is -0.130. The number of phenols is 1. The molecule has 1 atom stereocenters. The highest BCUT2D eigenvalue weighted by atomic mass is 35.5. The smallest absolute Gasteiger partial charge is 0.257 e. The van der Waals surface area contributed by atoms with E-state index in [9.17, 15) is 14.3 Å². The van der Waals surface area contributed by atoms with Crippen LogP contribution in [-0.4, -0.2) is 65.4 Å². The van der Waals surface area contributed by atoms with Crippen molar-refractivity contribution in [2.24, 2.45) is 0 Å². The van der Waals surface area contributed by atoms with Crippen molar-refractivity contribution in [1.82, 2.24) is 20.6 Å². The van der Waals surface area contributed by atoms with Crippen molar-refractivity contribution in [3.63, 3.8) is 0 Å². The van der Waals surface area contributed by atoms with Gasteiger partial charge in [0.05, 0.1) is 35.7 Å². The number of carbonyl (C=O) groups excluding carboxylic acids is 1. The maximum atomic E-state index is 15.5. The van der Waals surface area contributed by atoms with Crippen LogP contribution in [0, 0.1) is 11.6 Å². The molecule has 1 unspecified atom stereocenters. The van der Waals surface area contributed by atoms with Crippen LogP contribution in [0.5, 0.6) is 5.75 Å². The number of nitrogens with zero attached hydrogens (tertiary/aromatic N) is 2. The van der Waals surface area contributed by atoms with Gasteiger partial charge in [-0.15, -0.1) is 0 Å². The third kappa shape index (κ3) is 4.17. The van der Waals surface area contributed by atoms with Gasteiger partial charge in [0.15, 0.2) is 5.82 Å². The van der Waals surface area contributed by atoms with E-state index >= 15 is 4.39 Å². The van der Waals surface area contributed by atoms with E-state index < -0.39 is 23.3 Å². The summed E-state index contributed by atoms with van der Waals surface area (Å²) in [5.74, 6) is -2.37. The maximum absolute atomic E-state index is 15.5. The molecule has 1 amide bonds. The van der Waals surface area contributed by atoms with Crippen molar-refractivity contribution in [2.45, 2.75) is 6.17 Å². The Hall–Kier alpha value is -2.50. The number of phenolic OH excluding ortho intramolecular Hbond substituents is 1. The minimum Gasteiger partial charge on any atom is -0.507 e. The summed E-state index contributed by atoms with van der Waals surface area (Å²) in [5, 5.41) is 25.0. The fraction of sp³-hybridized carbons (Fsp3) is 0.350. The Morgan fingerprint density at radius 3 is 2.65 bits per heavy atom. The van der Waals surface area contributed by atoms with E-state index in [1.165, 1.54) is 12.1 Å². The van der Waals surface area contributed by atoms with Crippen LogP contribution in [0.3, 0.4) is 0 Å². The van der Waals surface area contributed by atoms with E-state index in [1.807, 2.05) is 4.90 Å². The number of piperazine rings is 1. The molecule has 11 heteroatoms. The lowest BCUT2D eigenvalue weighted by Gasteiger charge is -2.42. The van der Waals surface area contributed by atoms with Gasteiger partial charge < -0.3 is 10.4 Å². The van der Waals surface area contributed by atoms with Crippen LogP contribution >= 0.6 is 11.6 Å². The predicted molar refractivity (Wildman–Crippen MR) is 111 cm³/mol. The zero-order valence-corrected chi connectivity index (χ0v) is 17.2. The summed E-state index contributed by atoms with van der Waals surface area (Å²) in [7, 11) is 0. The summed E-state index contributed by atoms with van der Waals surface area (Å²) in [6.45, 7) is 2.76. The van der Waals surface area contributed by atoms with Gasteiger partial charge in [-0.1, -0.05) is 17.7 Å². The molecule has 2 aromatic carbocycles. The number of rotatable bonds is 4. The average Bonchev–Trinajstić information content (AvgIpc) is 2.76. The van der Waals surface area contributed by atoms with Gasteiger partial charge in [0.25, 0.3) is 5.91 Å². The van der Waals surface area contributed by atoms with Gasteiger partial charge in [-0.25, -0.2) is 14.3 Å². The number of anilines is 1. The van der Waals surface area contributed by atoms with Gasteiger partial charge in [0.2, 0.25) is 0 Å². The Balaban J connectivity index is 1.63. The fourth-order valence-corrected chi connectivity index (χ4v) is 4.41. The number of carbonyl (C=O) groups is 1. The maximum Gasteiger partial charge on any atom is 0.257 e. The van der Waals surface area contributed by atoms with Crippen molar-refractivity contribution in [2.75, 3.05) is 44.7 Å². The van der Waals surface area contributed by atoms with Gasteiger partial charge in [-0.3, -0.25) is 25.1 Å². The van der Waals surface area contributed by atoms with E-state index in [-0.39, 0.29) is 41.2 Å². The lowest BCUT2D eigenvalue weighted by Crippen LogP contribution is -2.53. The van der Waals surface area contributed by atoms with Crippen LogP contribution in [-0.2, 0) is 4.79 Å². The van der Waals surface area contributed by atoms with Crippen LogP contribution in [0.1, 0.15) is 11.7 Å². The molecular formula is C20H22ClF2N5O3. The second-order valence-corrected chi connectivity index (χ2v) is 7.86. The Labute approximate surface area is 182 Å². The van der Waals surface area contributed by atoms with Crippen LogP contribution in [0.2, 0.25) is 5.02 Å². The molecule has 2 heterocycles. The third-order valence-corrected chi connectivity index (χ3v) is 5.91. The van der Waals surface area contributed by atoms with Crippen molar-refractivity contribution in [3.05, 3.63) is 46.5 Å². The minimum absolute atomic E-state index is 0.00889. The van der Waals surface area contributed by atoms with Gasteiger partial charge >= 0.3 is 0 Å². The first-order valence-corrected chi connectivity index (χ1v) is 10.1. The topological polar surface area (TPSA) is 100 Å². The number of aromatic hydroxyl groups is 1. The van der Waals surface area contributed by atoms with Gasteiger partial charge in [-0.05, 0) is 18.2 Å².